The lowest BCUT2D eigenvalue weighted by Gasteiger charge is -2.14. The average Bonchev–Trinajstić information content (AvgIpc) is 1.85. The molecule has 0 aliphatic carbocycles. The van der Waals surface area contributed by atoms with Crippen molar-refractivity contribution in [3.05, 3.63) is 17.8 Å². The minimum absolute atomic E-state index is 1.04. The highest BCUT2D eigenvalue weighted by Crippen LogP contribution is 2.21. The molecule has 0 spiro atoms. The number of H-pyrrole nitrogens is 1. The molecule has 1 aliphatic heterocycles. The van der Waals surface area contributed by atoms with Gasteiger partial charge in [-0.3, -0.25) is 0 Å². The van der Waals surface area contributed by atoms with Gasteiger partial charge in [-0.15, -0.1) is 0 Å². The van der Waals surface area contributed by atoms with Crippen LogP contribution in [0.5, 0.6) is 0 Å². The second kappa shape index (κ2) is 0.832. The quantitative estimate of drug-likeness (QED) is 0.492. The Kier molecular flexibility index (Phi) is 0.372. The highest BCUT2D eigenvalue weighted by molar-refractivity contribution is 5.53. The molecule has 0 aromatic carbocycles. The number of hydrogen-bond donors (Lipinski definition) is 2. The Morgan fingerprint density at radius 1 is 1.57 bits per heavy atom. The van der Waals surface area contributed by atoms with Crippen LogP contribution < -0.4 is 5.32 Å². The Morgan fingerprint density at radius 2 is 2.57 bits per heavy atom. The van der Waals surface area contributed by atoms with Crippen molar-refractivity contribution in [2.75, 3.05) is 5.32 Å². The van der Waals surface area contributed by atoms with Crippen LogP contribution in [0.2, 0.25) is 0 Å². The SMILES string of the molecule is c1cc2c([nH]1)NC2. The van der Waals surface area contributed by atoms with Crippen LogP contribution in [-0.2, 0) is 6.54 Å². The van der Waals surface area contributed by atoms with Gasteiger partial charge in [-0.05, 0) is 6.07 Å². The smallest absolute Gasteiger partial charge is 0.108 e. The summed E-state index contributed by atoms with van der Waals surface area (Å²) in [4.78, 5) is 3.04. The molecule has 2 heteroatoms. The predicted octanol–water partition coefficient (Wildman–Crippen LogP) is 0.940. The Labute approximate surface area is 41.5 Å². The first kappa shape index (κ1) is 3.13. The van der Waals surface area contributed by atoms with Crippen LogP contribution in [-0.4, -0.2) is 4.98 Å². The van der Waals surface area contributed by atoms with Gasteiger partial charge in [0.05, 0.1) is 0 Å². The minimum atomic E-state index is 1.04. The maximum absolute atomic E-state index is 3.11. The van der Waals surface area contributed by atoms with E-state index < -0.39 is 0 Å². The number of fused-ring (bicyclic) bond motifs is 1. The fourth-order valence-electron chi connectivity index (χ4n) is 0.790. The molecule has 1 aromatic heterocycles. The molecule has 0 unspecified atom stereocenters. The van der Waals surface area contributed by atoms with Gasteiger partial charge in [0, 0.05) is 18.3 Å². The number of aromatic amines is 1. The standard InChI is InChI=1S/C5H6N2/c1-2-6-5-4(1)3-7-5/h1-2,6-7H,3H2. The van der Waals surface area contributed by atoms with E-state index in [4.69, 9.17) is 0 Å². The summed E-state index contributed by atoms with van der Waals surface area (Å²) in [5.74, 6) is 1.19. The van der Waals surface area contributed by atoms with Crippen LogP contribution in [0.4, 0.5) is 5.82 Å². The summed E-state index contributed by atoms with van der Waals surface area (Å²) in [7, 11) is 0. The maximum Gasteiger partial charge on any atom is 0.108 e. The van der Waals surface area contributed by atoms with Gasteiger partial charge in [0.15, 0.2) is 0 Å². The molecule has 2 heterocycles. The van der Waals surface area contributed by atoms with E-state index in [1.807, 2.05) is 6.20 Å². The normalized spacial score (nSPS) is 14.3. The number of anilines is 1. The van der Waals surface area contributed by atoms with E-state index >= 15 is 0 Å². The lowest BCUT2D eigenvalue weighted by Crippen LogP contribution is -2.10. The Balaban J connectivity index is 2.69. The fourth-order valence-corrected chi connectivity index (χ4v) is 0.790. The summed E-state index contributed by atoms with van der Waals surface area (Å²) in [5.41, 5.74) is 1.40. The number of rotatable bonds is 0. The van der Waals surface area contributed by atoms with Crippen LogP contribution in [0.15, 0.2) is 12.3 Å². The lowest BCUT2D eigenvalue weighted by atomic mass is 10.2. The van der Waals surface area contributed by atoms with Crippen molar-refractivity contribution in [3.63, 3.8) is 0 Å². The van der Waals surface area contributed by atoms with E-state index in [0.717, 1.165) is 6.54 Å². The summed E-state index contributed by atoms with van der Waals surface area (Å²) >= 11 is 0. The predicted molar refractivity (Wildman–Crippen MR) is 28.1 cm³/mol. The molecule has 2 rings (SSSR count). The third-order valence-electron chi connectivity index (χ3n) is 1.29. The van der Waals surface area contributed by atoms with Crippen LogP contribution in [0.1, 0.15) is 5.56 Å². The lowest BCUT2D eigenvalue weighted by molar-refractivity contribution is 1.04. The Hall–Kier alpha value is -0.920. The average molecular weight is 94.1 g/mol. The van der Waals surface area contributed by atoms with Gasteiger partial charge in [-0.25, -0.2) is 0 Å². The van der Waals surface area contributed by atoms with Gasteiger partial charge in [-0.1, -0.05) is 0 Å². The summed E-state index contributed by atoms with van der Waals surface area (Å²) in [6, 6.07) is 2.09. The van der Waals surface area contributed by atoms with Gasteiger partial charge in [0.2, 0.25) is 0 Å². The zero-order valence-corrected chi connectivity index (χ0v) is 3.86. The van der Waals surface area contributed by atoms with E-state index in [-0.39, 0.29) is 0 Å². The Bertz CT molecular complexity index is 159. The van der Waals surface area contributed by atoms with Crippen molar-refractivity contribution in [1.82, 2.24) is 4.98 Å². The zero-order valence-electron chi connectivity index (χ0n) is 3.86. The number of hydrogen-bond acceptors (Lipinski definition) is 1. The highest BCUT2D eigenvalue weighted by Gasteiger charge is 2.09. The number of nitrogens with one attached hydrogen (secondary N) is 2. The first-order chi connectivity index (χ1) is 3.47. The molecule has 0 saturated heterocycles. The van der Waals surface area contributed by atoms with E-state index in [2.05, 4.69) is 16.4 Å². The third kappa shape index (κ3) is 0.243. The van der Waals surface area contributed by atoms with E-state index in [0.29, 0.717) is 0 Å². The molecule has 0 bridgehead atoms. The maximum atomic E-state index is 3.11. The van der Waals surface area contributed by atoms with Crippen molar-refractivity contribution in [2.24, 2.45) is 0 Å². The molecule has 2 nitrogen and oxygen atoms in total. The van der Waals surface area contributed by atoms with Gasteiger partial charge in [0.1, 0.15) is 5.82 Å². The summed E-state index contributed by atoms with van der Waals surface area (Å²) in [6.07, 6.45) is 1.95. The molecule has 0 fully saturated rings. The van der Waals surface area contributed by atoms with E-state index in [9.17, 15) is 0 Å². The zero-order chi connectivity index (χ0) is 4.69. The first-order valence-corrected chi connectivity index (χ1v) is 2.37. The van der Waals surface area contributed by atoms with Gasteiger partial charge >= 0.3 is 0 Å². The summed E-state index contributed by atoms with van der Waals surface area (Å²) in [6.45, 7) is 1.04. The second-order valence-corrected chi connectivity index (χ2v) is 1.73. The fraction of sp³-hybridized carbons (Fsp3) is 0.200. The Morgan fingerprint density at radius 3 is 2.86 bits per heavy atom. The van der Waals surface area contributed by atoms with Crippen molar-refractivity contribution in [1.29, 1.82) is 0 Å². The van der Waals surface area contributed by atoms with Crippen LogP contribution >= 0.6 is 0 Å². The second-order valence-electron chi connectivity index (χ2n) is 1.73. The molecular formula is C5H6N2. The molecular weight excluding hydrogens is 88.1 g/mol. The largest absolute Gasteiger partial charge is 0.367 e. The summed E-state index contributed by atoms with van der Waals surface area (Å²) < 4.78 is 0. The van der Waals surface area contributed by atoms with Gasteiger partial charge in [-0.2, -0.15) is 0 Å². The van der Waals surface area contributed by atoms with Crippen molar-refractivity contribution < 1.29 is 0 Å². The molecule has 0 saturated carbocycles. The topological polar surface area (TPSA) is 27.8 Å². The van der Waals surface area contributed by atoms with Crippen LogP contribution in [0.25, 0.3) is 0 Å². The molecule has 0 atom stereocenters. The van der Waals surface area contributed by atoms with Gasteiger partial charge < -0.3 is 10.3 Å². The third-order valence-corrected chi connectivity index (χ3v) is 1.29. The van der Waals surface area contributed by atoms with Crippen molar-refractivity contribution >= 4 is 5.82 Å². The molecule has 0 amide bonds. The van der Waals surface area contributed by atoms with Crippen LogP contribution in [0.3, 0.4) is 0 Å². The van der Waals surface area contributed by atoms with Gasteiger partial charge in [0.25, 0.3) is 0 Å². The van der Waals surface area contributed by atoms with E-state index in [1.165, 1.54) is 11.4 Å². The molecule has 2 N–H and O–H groups in total. The molecule has 1 aromatic rings. The van der Waals surface area contributed by atoms with Crippen molar-refractivity contribution in [3.8, 4) is 0 Å². The molecule has 1 aliphatic rings. The van der Waals surface area contributed by atoms with Crippen LogP contribution in [0, 0.1) is 0 Å². The first-order valence-electron chi connectivity index (χ1n) is 2.37. The minimum Gasteiger partial charge on any atom is -0.367 e. The monoisotopic (exact) mass is 94.1 g/mol. The van der Waals surface area contributed by atoms with E-state index in [1.54, 1.807) is 0 Å². The molecule has 0 radical (unpaired) electrons. The summed E-state index contributed by atoms with van der Waals surface area (Å²) in [5, 5.41) is 3.11. The molecule has 7 heavy (non-hydrogen) atoms. The number of aromatic nitrogens is 1. The van der Waals surface area contributed by atoms with Crippen molar-refractivity contribution in [2.45, 2.75) is 6.54 Å². The highest BCUT2D eigenvalue weighted by atomic mass is 15.0. The molecule has 36 valence electrons.